The highest BCUT2D eigenvalue weighted by molar-refractivity contribution is 4.87. The molecule has 0 bridgehead atoms. The van der Waals surface area contributed by atoms with E-state index in [1.54, 1.807) is 0 Å². The first-order valence-electron chi connectivity index (χ1n) is 6.66. The van der Waals surface area contributed by atoms with Gasteiger partial charge in [-0.15, -0.1) is 0 Å². The summed E-state index contributed by atoms with van der Waals surface area (Å²) in [5, 5.41) is 9.24. The van der Waals surface area contributed by atoms with Crippen molar-refractivity contribution in [2.24, 2.45) is 17.6 Å². The van der Waals surface area contributed by atoms with Crippen molar-refractivity contribution >= 4 is 0 Å². The highest BCUT2D eigenvalue weighted by Gasteiger charge is 2.32. The average molecular weight is 228 g/mol. The van der Waals surface area contributed by atoms with Crippen LogP contribution in [-0.2, 0) is 0 Å². The lowest BCUT2D eigenvalue weighted by atomic mass is 9.76. The van der Waals surface area contributed by atoms with Gasteiger partial charge in [-0.2, -0.15) is 0 Å². The second-order valence-electron chi connectivity index (χ2n) is 5.35. The van der Waals surface area contributed by atoms with Gasteiger partial charge in [-0.25, -0.2) is 0 Å². The van der Waals surface area contributed by atoms with Gasteiger partial charge in [0.15, 0.2) is 0 Å². The molecule has 0 spiro atoms. The monoisotopic (exact) mass is 228 g/mol. The molecule has 1 aliphatic carbocycles. The summed E-state index contributed by atoms with van der Waals surface area (Å²) in [5.41, 5.74) is 5.87. The fourth-order valence-electron chi connectivity index (χ4n) is 2.89. The molecule has 1 fully saturated rings. The van der Waals surface area contributed by atoms with Crippen LogP contribution in [0, 0.1) is 11.8 Å². The predicted octanol–water partition coefficient (Wildman–Crippen LogP) is 1.45. The van der Waals surface area contributed by atoms with E-state index in [2.05, 4.69) is 25.8 Å². The second kappa shape index (κ2) is 6.58. The Kier molecular flexibility index (Phi) is 5.73. The van der Waals surface area contributed by atoms with Gasteiger partial charge in [-0.05, 0) is 45.2 Å². The molecule has 3 nitrogen and oxygen atoms in total. The van der Waals surface area contributed by atoms with Crippen LogP contribution in [0.25, 0.3) is 0 Å². The van der Waals surface area contributed by atoms with Crippen molar-refractivity contribution in [3.8, 4) is 0 Å². The third-order valence-corrected chi connectivity index (χ3v) is 4.43. The van der Waals surface area contributed by atoms with E-state index in [0.717, 1.165) is 12.5 Å². The minimum Gasteiger partial charge on any atom is -0.395 e. The van der Waals surface area contributed by atoms with Crippen LogP contribution in [0.1, 0.15) is 39.5 Å². The summed E-state index contributed by atoms with van der Waals surface area (Å²) in [5.74, 6) is 1.46. The van der Waals surface area contributed by atoms with Crippen LogP contribution in [0.4, 0.5) is 0 Å². The number of hydrogen-bond donors (Lipinski definition) is 2. The number of rotatable bonds is 5. The van der Waals surface area contributed by atoms with Crippen LogP contribution >= 0.6 is 0 Å². The Morgan fingerprint density at radius 2 is 2.12 bits per heavy atom. The van der Waals surface area contributed by atoms with Gasteiger partial charge in [0, 0.05) is 12.1 Å². The summed E-state index contributed by atoms with van der Waals surface area (Å²) < 4.78 is 0. The third kappa shape index (κ3) is 3.19. The van der Waals surface area contributed by atoms with E-state index in [4.69, 9.17) is 5.73 Å². The molecule has 0 aromatic rings. The van der Waals surface area contributed by atoms with Crippen LogP contribution in [0.5, 0.6) is 0 Å². The van der Waals surface area contributed by atoms with Gasteiger partial charge < -0.3 is 10.8 Å². The van der Waals surface area contributed by atoms with Gasteiger partial charge >= 0.3 is 0 Å². The summed E-state index contributed by atoms with van der Waals surface area (Å²) in [4.78, 5) is 2.33. The van der Waals surface area contributed by atoms with E-state index in [0.29, 0.717) is 12.0 Å². The van der Waals surface area contributed by atoms with E-state index < -0.39 is 0 Å². The topological polar surface area (TPSA) is 49.5 Å². The number of nitrogens with zero attached hydrogens (tertiary/aromatic N) is 1. The first kappa shape index (κ1) is 13.9. The van der Waals surface area contributed by atoms with E-state index in [1.807, 2.05) is 0 Å². The molecule has 0 aromatic heterocycles. The zero-order valence-electron chi connectivity index (χ0n) is 11.0. The number of hydrogen-bond acceptors (Lipinski definition) is 3. The Morgan fingerprint density at radius 3 is 2.62 bits per heavy atom. The second-order valence-corrected chi connectivity index (χ2v) is 5.35. The molecule has 1 rings (SSSR count). The molecule has 0 saturated heterocycles. The maximum Gasteiger partial charge on any atom is 0.0584 e. The minimum atomic E-state index is 0.237. The maximum absolute atomic E-state index is 9.24. The lowest BCUT2D eigenvalue weighted by Gasteiger charge is -2.43. The summed E-state index contributed by atoms with van der Waals surface area (Å²) in [7, 11) is 2.13. The molecule has 3 N–H and O–H groups in total. The Bertz CT molecular complexity index is 196. The molecular weight excluding hydrogens is 200 g/mol. The van der Waals surface area contributed by atoms with E-state index >= 15 is 0 Å². The number of aliphatic hydroxyl groups is 1. The van der Waals surface area contributed by atoms with Crippen LogP contribution < -0.4 is 5.73 Å². The predicted molar refractivity (Wildman–Crippen MR) is 68.3 cm³/mol. The number of likely N-dealkylation sites (N-methyl/N-ethyl adjacent to an activating group) is 1. The molecule has 4 unspecified atom stereocenters. The lowest BCUT2D eigenvalue weighted by Crippen LogP contribution is -2.49. The zero-order valence-corrected chi connectivity index (χ0v) is 11.0. The van der Waals surface area contributed by atoms with Crippen molar-refractivity contribution in [2.75, 3.05) is 20.2 Å². The van der Waals surface area contributed by atoms with E-state index in [1.165, 1.54) is 25.7 Å². The molecule has 1 saturated carbocycles. The Hall–Kier alpha value is -0.120. The molecule has 96 valence electrons. The third-order valence-electron chi connectivity index (χ3n) is 4.43. The molecule has 3 heteroatoms. The molecule has 0 aromatic carbocycles. The fourth-order valence-corrected chi connectivity index (χ4v) is 2.89. The molecule has 0 heterocycles. The molecule has 0 amide bonds. The number of nitrogens with two attached hydrogens (primary N) is 1. The molecule has 1 aliphatic rings. The van der Waals surface area contributed by atoms with Gasteiger partial charge in [0.05, 0.1) is 6.61 Å². The van der Waals surface area contributed by atoms with E-state index in [9.17, 15) is 5.11 Å². The first-order chi connectivity index (χ1) is 7.63. The SMILES string of the molecule is CCC1CCC(CN)C(N(C)C(C)CO)C1. The van der Waals surface area contributed by atoms with Crippen LogP contribution in [-0.4, -0.2) is 42.3 Å². The molecule has 4 atom stereocenters. The quantitative estimate of drug-likeness (QED) is 0.749. The summed E-state index contributed by atoms with van der Waals surface area (Å²) in [6.07, 6.45) is 5.10. The Balaban J connectivity index is 2.63. The highest BCUT2D eigenvalue weighted by atomic mass is 16.3. The fraction of sp³-hybridized carbons (Fsp3) is 1.00. The molecular formula is C13H28N2O. The highest BCUT2D eigenvalue weighted by Crippen LogP contribution is 2.33. The minimum absolute atomic E-state index is 0.237. The van der Waals surface area contributed by atoms with E-state index in [-0.39, 0.29) is 12.6 Å². The summed E-state index contributed by atoms with van der Waals surface area (Å²) in [6.45, 7) is 5.38. The van der Waals surface area contributed by atoms with Gasteiger partial charge in [-0.3, -0.25) is 4.90 Å². The van der Waals surface area contributed by atoms with Crippen LogP contribution in [0.3, 0.4) is 0 Å². The van der Waals surface area contributed by atoms with Crippen molar-refractivity contribution in [1.82, 2.24) is 4.90 Å². The van der Waals surface area contributed by atoms with Crippen LogP contribution in [0.15, 0.2) is 0 Å². The summed E-state index contributed by atoms with van der Waals surface area (Å²) in [6, 6.07) is 0.806. The Labute approximate surface area is 100 Å². The van der Waals surface area contributed by atoms with Crippen LogP contribution in [0.2, 0.25) is 0 Å². The average Bonchev–Trinajstić information content (AvgIpc) is 2.35. The molecule has 0 aliphatic heterocycles. The zero-order chi connectivity index (χ0) is 12.1. The van der Waals surface area contributed by atoms with Gasteiger partial charge in [0.25, 0.3) is 0 Å². The number of aliphatic hydroxyl groups excluding tert-OH is 1. The van der Waals surface area contributed by atoms with Crippen molar-refractivity contribution in [1.29, 1.82) is 0 Å². The van der Waals surface area contributed by atoms with Gasteiger partial charge in [0.1, 0.15) is 0 Å². The molecule has 0 radical (unpaired) electrons. The van der Waals surface area contributed by atoms with Crippen molar-refractivity contribution in [3.05, 3.63) is 0 Å². The van der Waals surface area contributed by atoms with Gasteiger partial charge in [0.2, 0.25) is 0 Å². The summed E-state index contributed by atoms with van der Waals surface area (Å²) >= 11 is 0. The van der Waals surface area contributed by atoms with Gasteiger partial charge in [-0.1, -0.05) is 19.8 Å². The lowest BCUT2D eigenvalue weighted by molar-refractivity contribution is 0.0504. The molecule has 16 heavy (non-hydrogen) atoms. The maximum atomic E-state index is 9.24. The van der Waals surface area contributed by atoms with Crippen molar-refractivity contribution in [3.63, 3.8) is 0 Å². The first-order valence-corrected chi connectivity index (χ1v) is 6.66. The Morgan fingerprint density at radius 1 is 1.44 bits per heavy atom. The van der Waals surface area contributed by atoms with Crippen molar-refractivity contribution in [2.45, 2.75) is 51.6 Å². The largest absolute Gasteiger partial charge is 0.395 e. The smallest absolute Gasteiger partial charge is 0.0584 e. The van der Waals surface area contributed by atoms with Crippen molar-refractivity contribution < 1.29 is 5.11 Å². The standard InChI is InChI=1S/C13H28N2O/c1-4-11-5-6-12(8-14)13(7-11)15(3)10(2)9-16/h10-13,16H,4-9,14H2,1-3H3. The normalized spacial score (nSPS) is 33.0.